The van der Waals surface area contributed by atoms with Crippen LogP contribution < -0.4 is 10.1 Å². The smallest absolute Gasteiger partial charge is 0.253 e. The van der Waals surface area contributed by atoms with Crippen LogP contribution in [-0.2, 0) is 11.3 Å². The Balaban J connectivity index is 1.36. The minimum Gasteiger partial charge on any atom is -0.497 e. The molecule has 1 aliphatic rings. The van der Waals surface area contributed by atoms with E-state index >= 15 is 0 Å². The first-order valence-electron chi connectivity index (χ1n) is 9.91. The molecule has 0 saturated carbocycles. The third-order valence-corrected chi connectivity index (χ3v) is 5.51. The number of ether oxygens (including phenoxy) is 1. The number of carbonyl (C=O) groups is 2. The van der Waals surface area contributed by atoms with Gasteiger partial charge in [0.2, 0.25) is 5.91 Å². The largest absolute Gasteiger partial charge is 0.497 e. The molecule has 3 aromatic rings. The zero-order chi connectivity index (χ0) is 20.2. The Bertz CT molecular complexity index is 1010. The maximum Gasteiger partial charge on any atom is 0.253 e. The summed E-state index contributed by atoms with van der Waals surface area (Å²) in [5.74, 6) is 0.599. The van der Waals surface area contributed by atoms with Crippen LogP contribution in [0.15, 0.2) is 54.7 Å². The van der Waals surface area contributed by atoms with Crippen LogP contribution in [0.25, 0.3) is 10.9 Å². The van der Waals surface area contributed by atoms with Gasteiger partial charge in [-0.25, -0.2) is 0 Å². The molecule has 2 amide bonds. The van der Waals surface area contributed by atoms with Gasteiger partial charge in [0.05, 0.1) is 13.0 Å². The average Bonchev–Trinajstić information content (AvgIpc) is 3.25. The summed E-state index contributed by atoms with van der Waals surface area (Å²) in [5, 5.41) is 4.02. The fourth-order valence-corrected chi connectivity index (χ4v) is 3.82. The molecule has 0 aliphatic carbocycles. The topological polar surface area (TPSA) is 74.4 Å². The van der Waals surface area contributed by atoms with Crippen LogP contribution in [0.2, 0.25) is 0 Å². The molecular formula is C23H25N3O3. The van der Waals surface area contributed by atoms with Gasteiger partial charge in [-0.05, 0) is 54.8 Å². The van der Waals surface area contributed by atoms with Gasteiger partial charge in [0, 0.05) is 42.3 Å². The number of rotatable bonds is 5. The second-order valence-corrected chi connectivity index (χ2v) is 7.44. The van der Waals surface area contributed by atoms with E-state index in [0.717, 1.165) is 35.1 Å². The van der Waals surface area contributed by atoms with Gasteiger partial charge in [-0.2, -0.15) is 0 Å². The predicted molar refractivity (Wildman–Crippen MR) is 112 cm³/mol. The molecule has 1 atom stereocenters. The average molecular weight is 391 g/mol. The van der Waals surface area contributed by atoms with Crippen LogP contribution in [0, 0.1) is 5.92 Å². The molecule has 6 heteroatoms. The number of methoxy groups -OCH3 is 1. The van der Waals surface area contributed by atoms with E-state index in [1.54, 1.807) is 12.0 Å². The van der Waals surface area contributed by atoms with Gasteiger partial charge in [0.15, 0.2) is 0 Å². The molecule has 2 heterocycles. The zero-order valence-electron chi connectivity index (χ0n) is 16.5. The molecule has 2 aromatic carbocycles. The maximum atomic E-state index is 12.9. The third kappa shape index (κ3) is 4.26. The predicted octanol–water partition coefficient (Wildman–Crippen LogP) is 3.35. The van der Waals surface area contributed by atoms with Crippen molar-refractivity contribution in [2.75, 3.05) is 20.2 Å². The molecule has 1 saturated heterocycles. The van der Waals surface area contributed by atoms with Crippen molar-refractivity contribution in [3.63, 3.8) is 0 Å². The number of fused-ring (bicyclic) bond motifs is 1. The first-order chi connectivity index (χ1) is 14.1. The summed E-state index contributed by atoms with van der Waals surface area (Å²) >= 11 is 0. The molecule has 1 aliphatic heterocycles. The number of benzene rings is 2. The van der Waals surface area contributed by atoms with Crippen LogP contribution in [0.3, 0.4) is 0 Å². The van der Waals surface area contributed by atoms with Crippen LogP contribution >= 0.6 is 0 Å². The molecule has 0 bridgehead atoms. The summed E-state index contributed by atoms with van der Waals surface area (Å²) in [6.45, 7) is 1.61. The molecule has 0 spiro atoms. The van der Waals surface area contributed by atoms with E-state index in [9.17, 15) is 9.59 Å². The molecule has 29 heavy (non-hydrogen) atoms. The molecule has 0 radical (unpaired) electrons. The summed E-state index contributed by atoms with van der Waals surface area (Å²) < 4.78 is 5.15. The quantitative estimate of drug-likeness (QED) is 0.700. The van der Waals surface area contributed by atoms with E-state index in [0.29, 0.717) is 25.2 Å². The second kappa shape index (κ2) is 8.39. The summed E-state index contributed by atoms with van der Waals surface area (Å²) in [4.78, 5) is 30.5. The number of carbonyl (C=O) groups excluding carboxylic acids is 2. The van der Waals surface area contributed by atoms with Crippen molar-refractivity contribution >= 4 is 22.7 Å². The van der Waals surface area contributed by atoms with Crippen molar-refractivity contribution in [2.24, 2.45) is 5.92 Å². The van der Waals surface area contributed by atoms with Gasteiger partial charge in [0.25, 0.3) is 5.91 Å². The lowest BCUT2D eigenvalue weighted by atomic mass is 9.96. The summed E-state index contributed by atoms with van der Waals surface area (Å²) in [6, 6.07) is 15.3. The molecule has 2 N–H and O–H groups in total. The number of piperidine rings is 1. The first kappa shape index (κ1) is 19.1. The molecule has 1 fully saturated rings. The third-order valence-electron chi connectivity index (χ3n) is 5.51. The van der Waals surface area contributed by atoms with Gasteiger partial charge >= 0.3 is 0 Å². The number of likely N-dealkylation sites (tertiary alicyclic amines) is 1. The van der Waals surface area contributed by atoms with E-state index in [2.05, 4.69) is 10.3 Å². The lowest BCUT2D eigenvalue weighted by Crippen LogP contribution is -2.45. The molecular weight excluding hydrogens is 366 g/mol. The van der Waals surface area contributed by atoms with Crippen LogP contribution in [0.5, 0.6) is 5.75 Å². The van der Waals surface area contributed by atoms with Crippen molar-refractivity contribution in [1.82, 2.24) is 15.2 Å². The fraction of sp³-hybridized carbons (Fsp3) is 0.304. The number of amides is 2. The van der Waals surface area contributed by atoms with Crippen LogP contribution in [0.4, 0.5) is 0 Å². The van der Waals surface area contributed by atoms with Crippen molar-refractivity contribution in [2.45, 2.75) is 19.4 Å². The van der Waals surface area contributed by atoms with E-state index in [1.165, 1.54) is 0 Å². The van der Waals surface area contributed by atoms with E-state index in [1.807, 2.05) is 54.7 Å². The standard InChI is InChI=1S/C23H25N3O3/c1-29-20-7-4-16(5-8-20)14-25-22(27)19-3-2-12-26(15-19)23(28)18-6-9-21-17(13-18)10-11-24-21/h4-11,13,19,24H,2-3,12,14-15H2,1H3,(H,25,27)/t19-/m0/s1. The summed E-state index contributed by atoms with van der Waals surface area (Å²) in [7, 11) is 1.63. The zero-order valence-corrected chi connectivity index (χ0v) is 16.5. The normalized spacial score (nSPS) is 16.6. The number of nitrogens with one attached hydrogen (secondary N) is 2. The number of H-pyrrole nitrogens is 1. The number of aromatic amines is 1. The van der Waals surface area contributed by atoms with Gasteiger partial charge in [-0.1, -0.05) is 12.1 Å². The van der Waals surface area contributed by atoms with Crippen LogP contribution in [-0.4, -0.2) is 41.9 Å². The summed E-state index contributed by atoms with van der Waals surface area (Å²) in [6.07, 6.45) is 3.50. The second-order valence-electron chi connectivity index (χ2n) is 7.44. The van der Waals surface area contributed by atoms with E-state index in [-0.39, 0.29) is 17.7 Å². The lowest BCUT2D eigenvalue weighted by Gasteiger charge is -2.32. The minimum atomic E-state index is -0.179. The molecule has 4 rings (SSSR count). The number of hydrogen-bond acceptors (Lipinski definition) is 3. The SMILES string of the molecule is COc1ccc(CNC(=O)[C@H]2CCCN(C(=O)c3ccc4[nH]ccc4c3)C2)cc1. The molecule has 1 aromatic heterocycles. The Morgan fingerprint density at radius 3 is 2.79 bits per heavy atom. The van der Waals surface area contributed by atoms with Crippen LogP contribution in [0.1, 0.15) is 28.8 Å². The Morgan fingerprint density at radius 2 is 2.00 bits per heavy atom. The Labute approximate surface area is 169 Å². The number of nitrogens with zero attached hydrogens (tertiary/aromatic N) is 1. The van der Waals surface area contributed by atoms with Crippen molar-refractivity contribution in [1.29, 1.82) is 0 Å². The highest BCUT2D eigenvalue weighted by molar-refractivity contribution is 5.98. The fourth-order valence-electron chi connectivity index (χ4n) is 3.82. The highest BCUT2D eigenvalue weighted by atomic mass is 16.5. The Hall–Kier alpha value is -3.28. The highest BCUT2D eigenvalue weighted by Gasteiger charge is 2.28. The number of hydrogen-bond donors (Lipinski definition) is 2. The monoisotopic (exact) mass is 391 g/mol. The van der Waals surface area contributed by atoms with E-state index in [4.69, 9.17) is 4.74 Å². The molecule has 0 unspecified atom stereocenters. The summed E-state index contributed by atoms with van der Waals surface area (Å²) in [5.41, 5.74) is 2.69. The molecule has 6 nitrogen and oxygen atoms in total. The maximum absolute atomic E-state index is 12.9. The Kier molecular flexibility index (Phi) is 5.51. The van der Waals surface area contributed by atoms with Crippen molar-refractivity contribution in [3.05, 3.63) is 65.9 Å². The highest BCUT2D eigenvalue weighted by Crippen LogP contribution is 2.21. The van der Waals surface area contributed by atoms with E-state index < -0.39 is 0 Å². The molecule has 150 valence electrons. The minimum absolute atomic E-state index is 0.000551. The van der Waals surface area contributed by atoms with Gasteiger partial charge in [-0.15, -0.1) is 0 Å². The Morgan fingerprint density at radius 1 is 1.17 bits per heavy atom. The van der Waals surface area contributed by atoms with Gasteiger partial charge in [0.1, 0.15) is 5.75 Å². The number of aromatic nitrogens is 1. The van der Waals surface area contributed by atoms with Crippen molar-refractivity contribution in [3.8, 4) is 5.75 Å². The van der Waals surface area contributed by atoms with Gasteiger partial charge < -0.3 is 19.9 Å². The van der Waals surface area contributed by atoms with Gasteiger partial charge in [-0.3, -0.25) is 9.59 Å². The first-order valence-corrected chi connectivity index (χ1v) is 9.91. The van der Waals surface area contributed by atoms with Crippen molar-refractivity contribution < 1.29 is 14.3 Å². The lowest BCUT2D eigenvalue weighted by molar-refractivity contribution is -0.126.